The van der Waals surface area contributed by atoms with E-state index >= 15 is 0 Å². The zero-order chi connectivity index (χ0) is 16.8. The molecule has 6 nitrogen and oxygen atoms in total. The molecule has 6 heteroatoms. The Morgan fingerprint density at radius 1 is 1.00 bits per heavy atom. The first-order valence-electron chi connectivity index (χ1n) is 7.67. The van der Waals surface area contributed by atoms with Gasteiger partial charge in [-0.15, -0.1) is 0 Å². The predicted molar refractivity (Wildman–Crippen MR) is 85.6 cm³/mol. The standard InChI is InChI=1S/C18H18O6/c1-9-11-6-14(20-2)12(19)7-13(11)24-17(9)10-4-15(21-3)18-16(5-10)22-8-23-18/h4-7,9,17,19H,8H2,1-3H3/t9-,17-/m0/s1. The van der Waals surface area contributed by atoms with Crippen molar-refractivity contribution in [3.8, 4) is 34.5 Å². The predicted octanol–water partition coefficient (Wildman–Crippen LogP) is 3.38. The van der Waals surface area contributed by atoms with Gasteiger partial charge in [-0.1, -0.05) is 6.92 Å². The minimum Gasteiger partial charge on any atom is -0.504 e. The molecule has 0 unspecified atom stereocenters. The highest BCUT2D eigenvalue weighted by Gasteiger charge is 2.35. The maximum absolute atomic E-state index is 9.97. The molecule has 1 N–H and O–H groups in total. The molecular formula is C18H18O6. The van der Waals surface area contributed by atoms with E-state index in [1.54, 1.807) is 13.2 Å². The van der Waals surface area contributed by atoms with Crippen LogP contribution >= 0.6 is 0 Å². The lowest BCUT2D eigenvalue weighted by Crippen LogP contribution is -2.07. The van der Waals surface area contributed by atoms with E-state index in [4.69, 9.17) is 23.7 Å². The Kier molecular flexibility index (Phi) is 3.33. The lowest BCUT2D eigenvalue weighted by Gasteiger charge is -2.17. The van der Waals surface area contributed by atoms with Gasteiger partial charge in [-0.3, -0.25) is 0 Å². The van der Waals surface area contributed by atoms with E-state index in [2.05, 4.69) is 6.92 Å². The highest BCUT2D eigenvalue weighted by molar-refractivity contribution is 5.58. The second kappa shape index (κ2) is 5.40. The molecule has 0 spiro atoms. The number of benzene rings is 2. The average Bonchev–Trinajstić information content (AvgIpc) is 3.17. The zero-order valence-corrected chi connectivity index (χ0v) is 13.7. The van der Waals surface area contributed by atoms with Crippen LogP contribution in [0.1, 0.15) is 30.1 Å². The first kappa shape index (κ1) is 14.8. The summed E-state index contributed by atoms with van der Waals surface area (Å²) in [6, 6.07) is 7.22. The second-order valence-electron chi connectivity index (χ2n) is 5.85. The molecule has 2 heterocycles. The number of ether oxygens (including phenoxy) is 5. The fraction of sp³-hybridized carbons (Fsp3) is 0.333. The Morgan fingerprint density at radius 3 is 2.54 bits per heavy atom. The summed E-state index contributed by atoms with van der Waals surface area (Å²) in [7, 11) is 3.12. The van der Waals surface area contributed by atoms with Crippen molar-refractivity contribution in [1.29, 1.82) is 0 Å². The molecule has 2 aliphatic rings. The molecule has 4 rings (SSSR count). The van der Waals surface area contributed by atoms with Gasteiger partial charge in [0.25, 0.3) is 0 Å². The quantitative estimate of drug-likeness (QED) is 0.931. The number of rotatable bonds is 3. The minimum absolute atomic E-state index is 0.0624. The number of phenolic OH excluding ortho intramolecular Hbond substituents is 1. The van der Waals surface area contributed by atoms with Gasteiger partial charge in [-0.25, -0.2) is 0 Å². The van der Waals surface area contributed by atoms with E-state index in [9.17, 15) is 5.11 Å². The number of aromatic hydroxyl groups is 1. The molecule has 2 atom stereocenters. The SMILES string of the molecule is COc1cc2c(cc1O)O[C@H](c1cc(OC)c3c(c1)OCO3)[C@H]2C. The van der Waals surface area contributed by atoms with Crippen LogP contribution < -0.4 is 23.7 Å². The fourth-order valence-electron chi connectivity index (χ4n) is 3.26. The summed E-state index contributed by atoms with van der Waals surface area (Å²) < 4.78 is 27.6. The first-order chi connectivity index (χ1) is 11.6. The highest BCUT2D eigenvalue weighted by atomic mass is 16.7. The van der Waals surface area contributed by atoms with E-state index in [1.165, 1.54) is 7.11 Å². The van der Waals surface area contributed by atoms with Crippen LogP contribution in [0, 0.1) is 0 Å². The van der Waals surface area contributed by atoms with Crippen LogP contribution in [-0.4, -0.2) is 26.1 Å². The molecule has 0 amide bonds. The van der Waals surface area contributed by atoms with Crippen molar-refractivity contribution in [1.82, 2.24) is 0 Å². The van der Waals surface area contributed by atoms with Crippen molar-refractivity contribution < 1.29 is 28.8 Å². The summed E-state index contributed by atoms with van der Waals surface area (Å²) in [5.74, 6) is 3.12. The van der Waals surface area contributed by atoms with Gasteiger partial charge in [0, 0.05) is 23.1 Å². The van der Waals surface area contributed by atoms with Crippen LogP contribution in [0.3, 0.4) is 0 Å². The van der Waals surface area contributed by atoms with E-state index in [0.29, 0.717) is 28.7 Å². The molecule has 0 aromatic heterocycles. The molecule has 2 aromatic rings. The molecule has 24 heavy (non-hydrogen) atoms. The Balaban J connectivity index is 1.74. The Labute approximate surface area is 139 Å². The molecular weight excluding hydrogens is 312 g/mol. The van der Waals surface area contributed by atoms with Crippen LogP contribution in [0.5, 0.6) is 34.5 Å². The maximum Gasteiger partial charge on any atom is 0.231 e. The van der Waals surface area contributed by atoms with Crippen molar-refractivity contribution in [3.63, 3.8) is 0 Å². The Hall–Kier alpha value is -2.76. The van der Waals surface area contributed by atoms with Crippen LogP contribution in [0.4, 0.5) is 0 Å². The van der Waals surface area contributed by atoms with E-state index in [1.807, 2.05) is 18.2 Å². The molecule has 0 fully saturated rings. The molecule has 126 valence electrons. The molecule has 2 aliphatic heterocycles. The topological polar surface area (TPSA) is 66.4 Å². The van der Waals surface area contributed by atoms with E-state index in [-0.39, 0.29) is 24.6 Å². The van der Waals surface area contributed by atoms with Crippen molar-refractivity contribution in [3.05, 3.63) is 35.4 Å². The van der Waals surface area contributed by atoms with Crippen molar-refractivity contribution in [2.45, 2.75) is 18.9 Å². The average molecular weight is 330 g/mol. The third kappa shape index (κ3) is 2.10. The number of hydrogen-bond acceptors (Lipinski definition) is 6. The summed E-state index contributed by atoms with van der Waals surface area (Å²) in [4.78, 5) is 0. The van der Waals surface area contributed by atoms with E-state index in [0.717, 1.165) is 11.1 Å². The molecule has 0 aliphatic carbocycles. The maximum atomic E-state index is 9.97. The molecule has 0 saturated heterocycles. The third-order valence-corrected chi connectivity index (χ3v) is 4.52. The van der Waals surface area contributed by atoms with Gasteiger partial charge in [0.15, 0.2) is 23.0 Å². The molecule has 0 saturated carbocycles. The molecule has 2 aromatic carbocycles. The minimum atomic E-state index is -0.213. The Morgan fingerprint density at radius 2 is 1.79 bits per heavy atom. The summed E-state index contributed by atoms with van der Waals surface area (Å²) in [5, 5.41) is 9.97. The van der Waals surface area contributed by atoms with Gasteiger partial charge in [0.2, 0.25) is 12.5 Å². The second-order valence-corrected chi connectivity index (χ2v) is 5.85. The van der Waals surface area contributed by atoms with Crippen LogP contribution in [0.15, 0.2) is 24.3 Å². The van der Waals surface area contributed by atoms with Crippen molar-refractivity contribution >= 4 is 0 Å². The van der Waals surface area contributed by atoms with Crippen molar-refractivity contribution in [2.24, 2.45) is 0 Å². The van der Waals surface area contributed by atoms with Crippen LogP contribution in [0.25, 0.3) is 0 Å². The molecule has 0 bridgehead atoms. The van der Waals surface area contributed by atoms with Gasteiger partial charge >= 0.3 is 0 Å². The monoisotopic (exact) mass is 330 g/mol. The van der Waals surface area contributed by atoms with E-state index < -0.39 is 0 Å². The normalized spacial score (nSPS) is 20.5. The summed E-state index contributed by atoms with van der Waals surface area (Å²) in [6.45, 7) is 2.26. The lowest BCUT2D eigenvalue weighted by atomic mass is 9.92. The fourth-order valence-corrected chi connectivity index (χ4v) is 3.26. The van der Waals surface area contributed by atoms with Crippen molar-refractivity contribution in [2.75, 3.05) is 21.0 Å². The van der Waals surface area contributed by atoms with Gasteiger partial charge in [0.05, 0.1) is 14.2 Å². The Bertz CT molecular complexity index is 801. The van der Waals surface area contributed by atoms with Crippen LogP contribution in [0.2, 0.25) is 0 Å². The number of hydrogen-bond donors (Lipinski definition) is 1. The largest absolute Gasteiger partial charge is 0.504 e. The van der Waals surface area contributed by atoms with Crippen LogP contribution in [-0.2, 0) is 0 Å². The third-order valence-electron chi connectivity index (χ3n) is 4.52. The summed E-state index contributed by atoms with van der Waals surface area (Å²) in [6.07, 6.45) is -0.213. The lowest BCUT2D eigenvalue weighted by molar-refractivity contribution is 0.171. The summed E-state index contributed by atoms with van der Waals surface area (Å²) in [5.41, 5.74) is 1.92. The number of phenols is 1. The number of methoxy groups -OCH3 is 2. The van der Waals surface area contributed by atoms with Gasteiger partial charge in [0.1, 0.15) is 11.9 Å². The number of fused-ring (bicyclic) bond motifs is 2. The molecule has 0 radical (unpaired) electrons. The van der Waals surface area contributed by atoms with Gasteiger partial charge in [-0.05, 0) is 18.2 Å². The highest BCUT2D eigenvalue weighted by Crippen LogP contribution is 2.52. The zero-order valence-electron chi connectivity index (χ0n) is 13.7. The smallest absolute Gasteiger partial charge is 0.231 e. The van der Waals surface area contributed by atoms with Gasteiger partial charge in [-0.2, -0.15) is 0 Å². The van der Waals surface area contributed by atoms with Gasteiger partial charge < -0.3 is 28.8 Å². The first-order valence-corrected chi connectivity index (χ1v) is 7.67. The summed E-state index contributed by atoms with van der Waals surface area (Å²) >= 11 is 0.